The fourth-order valence-electron chi connectivity index (χ4n) is 3.61. The summed E-state index contributed by atoms with van der Waals surface area (Å²) in [7, 11) is 1.53. The number of nitrogens with one attached hydrogen (secondary N) is 2. The number of benzene rings is 3. The highest BCUT2D eigenvalue weighted by molar-refractivity contribution is 7.89. The van der Waals surface area contributed by atoms with Gasteiger partial charge in [0, 0.05) is 50.8 Å². The number of carbonyl (C=O) groups is 1. The number of hydrogen-bond donors (Lipinski definition) is 3. The first-order valence-electron chi connectivity index (χ1n) is 10.5. The van der Waals surface area contributed by atoms with Crippen LogP contribution in [0.4, 0.5) is 5.69 Å². The Balaban J connectivity index is 1.59. The molecule has 3 aromatic carbocycles. The Morgan fingerprint density at radius 3 is 2.33 bits per heavy atom. The van der Waals surface area contributed by atoms with Crippen molar-refractivity contribution in [3.63, 3.8) is 0 Å². The second-order valence-corrected chi connectivity index (χ2v) is 9.51. The molecule has 0 aliphatic carbocycles. The molecule has 0 aliphatic heterocycles. The number of methoxy groups -OCH3 is 1. The first-order valence-corrected chi connectivity index (χ1v) is 12.0. The Bertz CT molecular complexity index is 1210. The summed E-state index contributed by atoms with van der Waals surface area (Å²) in [6, 6.07) is 17.0. The Morgan fingerprint density at radius 1 is 1.00 bits per heavy atom. The predicted octanol–water partition coefficient (Wildman–Crippen LogP) is 2.78. The molecule has 0 bridgehead atoms. The number of anilines is 1. The van der Waals surface area contributed by atoms with Crippen LogP contribution in [0.2, 0.25) is 0 Å². The van der Waals surface area contributed by atoms with E-state index >= 15 is 0 Å². The normalized spacial score (nSPS) is 12.5. The SMILES string of the molecule is COC(C(=O)NCCCNS(=O)(=O)c1cccc2c(N(C)C)cccc12)c1ccc(O)cc1. The lowest BCUT2D eigenvalue weighted by Gasteiger charge is -2.17. The maximum atomic E-state index is 12.9. The molecule has 0 heterocycles. The monoisotopic (exact) mass is 471 g/mol. The summed E-state index contributed by atoms with van der Waals surface area (Å²) in [5.74, 6) is -0.234. The van der Waals surface area contributed by atoms with Crippen LogP contribution < -0.4 is 14.9 Å². The third kappa shape index (κ3) is 5.81. The molecule has 3 N–H and O–H groups in total. The van der Waals surface area contributed by atoms with E-state index in [9.17, 15) is 18.3 Å². The van der Waals surface area contributed by atoms with Crippen molar-refractivity contribution >= 4 is 32.4 Å². The van der Waals surface area contributed by atoms with Gasteiger partial charge in [-0.1, -0.05) is 36.4 Å². The number of sulfonamides is 1. The van der Waals surface area contributed by atoms with Crippen LogP contribution in [0.15, 0.2) is 65.6 Å². The number of hydrogen-bond acceptors (Lipinski definition) is 6. The summed E-state index contributed by atoms with van der Waals surface area (Å²) < 4.78 is 33.8. The van der Waals surface area contributed by atoms with Gasteiger partial charge < -0.3 is 20.1 Å². The molecule has 0 fully saturated rings. The zero-order chi connectivity index (χ0) is 24.0. The summed E-state index contributed by atoms with van der Waals surface area (Å²) >= 11 is 0. The Labute approximate surface area is 194 Å². The van der Waals surface area contributed by atoms with E-state index < -0.39 is 16.1 Å². The lowest BCUT2D eigenvalue weighted by molar-refractivity contribution is -0.131. The van der Waals surface area contributed by atoms with Gasteiger partial charge in [-0.05, 0) is 36.2 Å². The highest BCUT2D eigenvalue weighted by Crippen LogP contribution is 2.30. The molecule has 0 aliphatic rings. The van der Waals surface area contributed by atoms with Crippen molar-refractivity contribution < 1.29 is 23.1 Å². The maximum Gasteiger partial charge on any atom is 0.253 e. The smallest absolute Gasteiger partial charge is 0.253 e. The Kier molecular flexibility index (Phi) is 7.91. The van der Waals surface area contributed by atoms with Gasteiger partial charge in [0.2, 0.25) is 10.0 Å². The lowest BCUT2D eigenvalue weighted by Crippen LogP contribution is -2.33. The van der Waals surface area contributed by atoms with E-state index in [0.29, 0.717) is 17.4 Å². The number of rotatable bonds is 10. The van der Waals surface area contributed by atoms with Gasteiger partial charge in [0.15, 0.2) is 6.10 Å². The number of amides is 1. The van der Waals surface area contributed by atoms with Gasteiger partial charge in [-0.25, -0.2) is 13.1 Å². The number of phenols is 1. The van der Waals surface area contributed by atoms with E-state index in [1.165, 1.54) is 19.2 Å². The molecule has 0 spiro atoms. The molecule has 0 radical (unpaired) electrons. The molecule has 1 atom stereocenters. The minimum atomic E-state index is -3.73. The van der Waals surface area contributed by atoms with Crippen molar-refractivity contribution in [1.29, 1.82) is 0 Å². The highest BCUT2D eigenvalue weighted by Gasteiger charge is 2.20. The van der Waals surface area contributed by atoms with Crippen LogP contribution >= 0.6 is 0 Å². The van der Waals surface area contributed by atoms with Gasteiger partial charge in [-0.2, -0.15) is 0 Å². The minimum absolute atomic E-state index is 0.102. The van der Waals surface area contributed by atoms with Crippen molar-refractivity contribution in [2.45, 2.75) is 17.4 Å². The van der Waals surface area contributed by atoms with Gasteiger partial charge >= 0.3 is 0 Å². The van der Waals surface area contributed by atoms with E-state index in [-0.39, 0.29) is 29.6 Å². The first kappa shape index (κ1) is 24.5. The van der Waals surface area contributed by atoms with Crippen molar-refractivity contribution in [2.24, 2.45) is 0 Å². The zero-order valence-electron chi connectivity index (χ0n) is 18.9. The quantitative estimate of drug-likeness (QED) is 0.393. The number of fused-ring (bicyclic) bond motifs is 1. The number of aromatic hydroxyl groups is 1. The van der Waals surface area contributed by atoms with E-state index in [0.717, 1.165) is 11.1 Å². The maximum absolute atomic E-state index is 12.9. The van der Waals surface area contributed by atoms with E-state index in [2.05, 4.69) is 10.0 Å². The Hall–Kier alpha value is -3.14. The molecule has 3 rings (SSSR count). The third-order valence-corrected chi connectivity index (χ3v) is 6.76. The summed E-state index contributed by atoms with van der Waals surface area (Å²) in [6.45, 7) is 0.447. The summed E-state index contributed by atoms with van der Waals surface area (Å²) in [5, 5.41) is 13.7. The van der Waals surface area contributed by atoms with Crippen LogP contribution in [-0.2, 0) is 19.6 Å². The molecule has 0 saturated carbocycles. The van der Waals surface area contributed by atoms with Gasteiger partial charge in [-0.3, -0.25) is 4.79 Å². The summed E-state index contributed by atoms with van der Waals surface area (Å²) in [5.41, 5.74) is 1.55. The average Bonchev–Trinajstić information content (AvgIpc) is 2.79. The molecule has 33 heavy (non-hydrogen) atoms. The Morgan fingerprint density at radius 2 is 1.67 bits per heavy atom. The number of ether oxygens (including phenoxy) is 1. The number of carbonyl (C=O) groups excluding carboxylic acids is 1. The van der Waals surface area contributed by atoms with Crippen molar-refractivity contribution in [3.8, 4) is 5.75 Å². The molecule has 3 aromatic rings. The molecular formula is C24H29N3O5S. The fraction of sp³-hybridized carbons (Fsp3) is 0.292. The second-order valence-electron chi connectivity index (χ2n) is 7.77. The first-order chi connectivity index (χ1) is 15.7. The predicted molar refractivity (Wildman–Crippen MR) is 129 cm³/mol. The van der Waals surface area contributed by atoms with Crippen LogP contribution in [0.25, 0.3) is 10.8 Å². The average molecular weight is 472 g/mol. The van der Waals surface area contributed by atoms with E-state index in [1.54, 1.807) is 30.3 Å². The third-order valence-electron chi connectivity index (χ3n) is 5.24. The molecule has 1 unspecified atom stereocenters. The minimum Gasteiger partial charge on any atom is -0.508 e. The van der Waals surface area contributed by atoms with Crippen molar-refractivity contribution in [1.82, 2.24) is 10.0 Å². The van der Waals surface area contributed by atoms with Gasteiger partial charge in [0.25, 0.3) is 5.91 Å². The van der Waals surface area contributed by atoms with Gasteiger partial charge in [-0.15, -0.1) is 0 Å². The van der Waals surface area contributed by atoms with Crippen LogP contribution in [0.5, 0.6) is 5.75 Å². The van der Waals surface area contributed by atoms with Gasteiger partial charge in [0.05, 0.1) is 4.90 Å². The standard InChI is InChI=1S/C24H29N3O5S/c1-27(2)21-9-4-8-20-19(21)7-5-10-22(20)33(30,31)26-16-6-15-25-24(29)23(32-3)17-11-13-18(28)14-12-17/h4-5,7-14,23,26,28H,6,15-16H2,1-3H3,(H,25,29). The largest absolute Gasteiger partial charge is 0.508 e. The van der Waals surface area contributed by atoms with E-state index in [1.807, 2.05) is 37.2 Å². The zero-order valence-corrected chi connectivity index (χ0v) is 19.7. The van der Waals surface area contributed by atoms with E-state index in [4.69, 9.17) is 4.74 Å². The topological polar surface area (TPSA) is 108 Å². The highest BCUT2D eigenvalue weighted by atomic mass is 32.2. The van der Waals surface area contributed by atoms with Crippen LogP contribution in [0.1, 0.15) is 18.1 Å². The molecule has 8 nitrogen and oxygen atoms in total. The number of nitrogens with zero attached hydrogens (tertiary/aromatic N) is 1. The van der Waals surface area contributed by atoms with Crippen molar-refractivity contribution in [3.05, 3.63) is 66.2 Å². The summed E-state index contributed by atoms with van der Waals surface area (Å²) in [4.78, 5) is 14.6. The van der Waals surface area contributed by atoms with Crippen LogP contribution in [-0.4, -0.2) is 53.7 Å². The molecule has 9 heteroatoms. The second kappa shape index (κ2) is 10.7. The van der Waals surface area contributed by atoms with Gasteiger partial charge in [0.1, 0.15) is 5.75 Å². The fourth-order valence-corrected chi connectivity index (χ4v) is 4.90. The van der Waals surface area contributed by atoms with Crippen LogP contribution in [0.3, 0.4) is 0 Å². The lowest BCUT2D eigenvalue weighted by atomic mass is 10.1. The molecule has 176 valence electrons. The summed E-state index contributed by atoms with van der Waals surface area (Å²) in [6.07, 6.45) is -0.408. The van der Waals surface area contributed by atoms with Crippen molar-refractivity contribution in [2.75, 3.05) is 39.2 Å². The molecule has 0 aromatic heterocycles. The number of phenolic OH excluding ortho intramolecular Hbond substituents is 1. The molecular weight excluding hydrogens is 442 g/mol. The van der Waals surface area contributed by atoms with Crippen LogP contribution in [0, 0.1) is 0 Å². The molecule has 1 amide bonds. The molecule has 0 saturated heterocycles.